The number of hydrogen-bond donors (Lipinski definition) is 1. The molecule has 0 bridgehead atoms. The first-order valence-corrected chi connectivity index (χ1v) is 15.1. The molecule has 1 atom stereocenters. The molecule has 8 nitrogen and oxygen atoms in total. The Labute approximate surface area is 370 Å². The summed E-state index contributed by atoms with van der Waals surface area (Å²) in [5.41, 5.74) is 0. The van der Waals surface area contributed by atoms with Gasteiger partial charge in [0.05, 0.1) is 0 Å². The lowest BCUT2D eigenvalue weighted by Gasteiger charge is -2.42. The molecule has 1 N–H and O–H groups in total. The van der Waals surface area contributed by atoms with Crippen molar-refractivity contribution in [3.05, 3.63) is 0 Å². The average molecular weight is 1250 g/mol. The van der Waals surface area contributed by atoms with Crippen molar-refractivity contribution in [1.82, 2.24) is 0 Å². The van der Waals surface area contributed by atoms with Crippen molar-refractivity contribution >= 4 is 0 Å². The molecule has 0 rings (SSSR count). The van der Waals surface area contributed by atoms with Crippen molar-refractivity contribution in [2.24, 2.45) is 0 Å². The molecule has 0 amide bonds. The fourth-order valence-corrected chi connectivity index (χ4v) is 3.09. The Hall–Kier alpha value is -3.47. The van der Waals surface area contributed by atoms with Crippen molar-refractivity contribution in [2.75, 3.05) is 0 Å². The summed E-state index contributed by atoms with van der Waals surface area (Å²) < 4.78 is 603. The largest absolute Gasteiger partial charge is 0.460 e. The monoisotopic (exact) mass is 1250 g/mol. The summed E-state index contributed by atoms with van der Waals surface area (Å²) in [5.74, 6) is -54.4. The second-order valence-electron chi connectivity index (χ2n) is 12.4. The van der Waals surface area contributed by atoms with Gasteiger partial charge in [0, 0.05) is 0 Å². The number of aliphatic hydroxyl groups is 1. The van der Waals surface area contributed by atoms with Gasteiger partial charge in [0.25, 0.3) is 0 Å². The lowest BCUT2D eigenvalue weighted by molar-refractivity contribution is -0.600. The maximum absolute atomic E-state index is 13.6. The summed E-state index contributed by atoms with van der Waals surface area (Å²) in [7, 11) is 0. The number of ether oxygens (including phenoxy) is 7. The quantitative estimate of drug-likeness (QED) is 0.0858. The third-order valence-electron chi connectivity index (χ3n) is 6.89. The van der Waals surface area contributed by atoms with Crippen molar-refractivity contribution in [3.63, 3.8) is 0 Å². The van der Waals surface area contributed by atoms with E-state index >= 15 is 0 Å². The maximum atomic E-state index is 13.6. The topological polar surface area (TPSA) is 84.8 Å². The van der Waals surface area contributed by atoms with E-state index in [0.29, 0.717) is 4.74 Å². The smallest absolute Gasteiger partial charge is 0.348 e. The van der Waals surface area contributed by atoms with Gasteiger partial charge < -0.3 is 5.11 Å². The molecule has 0 aromatic carbocycles. The molecule has 0 fully saturated rings. The fraction of sp³-hybridized carbons (Fsp3) is 1.00. The first-order chi connectivity index (χ1) is 31.4. The minimum absolute atomic E-state index is 0.636. The Kier molecular flexibility index (Phi) is 17.7. The lowest BCUT2D eigenvalue weighted by atomic mass is 9.93. The summed E-state index contributed by atoms with van der Waals surface area (Å²) in [6, 6.07) is 0. The van der Waals surface area contributed by atoms with Gasteiger partial charge in [-0.25, -0.2) is 33.2 Å². The van der Waals surface area contributed by atoms with Gasteiger partial charge in [0.15, 0.2) is 0 Å². The van der Waals surface area contributed by atoms with E-state index in [1.54, 1.807) is 0 Å². The first-order valence-electron chi connectivity index (χ1n) is 15.1. The van der Waals surface area contributed by atoms with Gasteiger partial charge in [-0.05, 0) is 0 Å². The maximum Gasteiger partial charge on any atom is 0.460 e. The number of alkyl halides is 45. The molecule has 0 saturated carbocycles. The van der Waals surface area contributed by atoms with Crippen LogP contribution in [0.1, 0.15) is 0 Å². The van der Waals surface area contributed by atoms with Crippen molar-refractivity contribution in [3.8, 4) is 0 Å². The van der Waals surface area contributed by atoms with Gasteiger partial charge in [-0.2, -0.15) is 198 Å². The standard InChI is InChI=1S/C22HF45O8/c23-1(24,2(25,26)4(29,30)7(34,35)36)3(27,28)5(31,32)9(40,41)69-11(44,45)13(48,49)71-15(52,53)17(56,57)73-19(60,61)21(64,65)75-22(66,67)20(62,63)74-18(58,59)16(54,55)72-14(50,51)12(46,47)70-10(42,43)6(33,68)8(37,38)39/h68H. The Balaban J connectivity index is 6.82. The fourth-order valence-electron chi connectivity index (χ4n) is 3.09. The van der Waals surface area contributed by atoms with Crippen molar-refractivity contribution in [2.45, 2.75) is 133 Å². The highest BCUT2D eigenvalue weighted by molar-refractivity contribution is 5.12. The van der Waals surface area contributed by atoms with Crippen LogP contribution in [0.5, 0.6) is 0 Å². The first kappa shape index (κ1) is 71.5. The molecule has 0 aromatic rings. The molecule has 0 spiro atoms. The van der Waals surface area contributed by atoms with Crippen LogP contribution in [-0.4, -0.2) is 138 Å². The summed E-state index contributed by atoms with van der Waals surface area (Å²) in [4.78, 5) is 0. The average Bonchev–Trinajstić information content (AvgIpc) is 3.06. The molecule has 0 aromatic heterocycles. The van der Waals surface area contributed by atoms with Crippen molar-refractivity contribution < 1.29 is 236 Å². The Morgan fingerprint density at radius 3 is 0.440 bits per heavy atom. The van der Waals surface area contributed by atoms with Crippen LogP contribution >= 0.6 is 0 Å². The van der Waals surface area contributed by atoms with Gasteiger partial charge in [0.1, 0.15) is 0 Å². The summed E-state index contributed by atoms with van der Waals surface area (Å²) in [5, 5.41) is 7.89. The van der Waals surface area contributed by atoms with E-state index in [1.165, 1.54) is 0 Å². The van der Waals surface area contributed by atoms with Crippen molar-refractivity contribution in [1.29, 1.82) is 0 Å². The molecule has 0 aliphatic carbocycles. The van der Waals surface area contributed by atoms with E-state index in [9.17, 15) is 198 Å². The molecule has 452 valence electrons. The molecular weight excluding hydrogens is 1250 g/mol. The third-order valence-corrected chi connectivity index (χ3v) is 6.89. The zero-order valence-electron chi connectivity index (χ0n) is 31.3. The van der Waals surface area contributed by atoms with E-state index in [2.05, 4.69) is 0 Å². The summed E-state index contributed by atoms with van der Waals surface area (Å²) in [6.45, 7) is 0. The minimum atomic E-state index is -9.60. The Bertz CT molecular complexity index is 1980. The second kappa shape index (κ2) is 18.6. The van der Waals surface area contributed by atoms with E-state index in [0.717, 1.165) is 28.4 Å². The highest BCUT2D eigenvalue weighted by Gasteiger charge is 2.95. The van der Waals surface area contributed by atoms with Crippen LogP contribution in [0.3, 0.4) is 0 Å². The number of rotatable bonds is 26. The molecule has 0 heterocycles. The molecular formula is C22HF45O8. The zero-order chi connectivity index (χ0) is 61.9. The summed E-state index contributed by atoms with van der Waals surface area (Å²) >= 11 is 0. The normalized spacial score (nSPS) is 17.7. The predicted octanol–water partition coefficient (Wildman–Crippen LogP) is 13.4. The van der Waals surface area contributed by atoms with Gasteiger partial charge >= 0.3 is 133 Å². The van der Waals surface area contributed by atoms with E-state index in [4.69, 9.17) is 5.11 Å². The zero-order valence-corrected chi connectivity index (χ0v) is 31.3. The lowest BCUT2D eigenvalue weighted by Crippen LogP contribution is -2.73. The molecule has 1 unspecified atom stereocenters. The molecule has 53 heteroatoms. The van der Waals surface area contributed by atoms with E-state index in [-0.39, 0.29) is 0 Å². The van der Waals surface area contributed by atoms with Gasteiger partial charge in [-0.15, -0.1) is 0 Å². The molecule has 0 aliphatic heterocycles. The van der Waals surface area contributed by atoms with Crippen LogP contribution in [0.15, 0.2) is 0 Å². The van der Waals surface area contributed by atoms with Crippen LogP contribution < -0.4 is 0 Å². The molecule has 0 radical (unpaired) electrons. The predicted molar refractivity (Wildman–Crippen MR) is 120 cm³/mol. The van der Waals surface area contributed by atoms with Gasteiger partial charge in [-0.1, -0.05) is 0 Å². The second-order valence-corrected chi connectivity index (χ2v) is 12.4. The van der Waals surface area contributed by atoms with Crippen LogP contribution in [0.4, 0.5) is 198 Å². The van der Waals surface area contributed by atoms with E-state index in [1.807, 2.05) is 0 Å². The van der Waals surface area contributed by atoms with Gasteiger partial charge in [0.2, 0.25) is 0 Å². The molecule has 0 aliphatic rings. The molecule has 0 saturated heterocycles. The Morgan fingerprint density at radius 2 is 0.280 bits per heavy atom. The highest BCUT2D eigenvalue weighted by atomic mass is 19.4. The van der Waals surface area contributed by atoms with Crippen LogP contribution in [0.25, 0.3) is 0 Å². The number of halogens is 45. The minimum Gasteiger partial charge on any atom is -0.348 e. The van der Waals surface area contributed by atoms with Gasteiger partial charge in [-0.3, -0.25) is 0 Å². The van der Waals surface area contributed by atoms with Crippen LogP contribution in [-0.2, 0) is 33.2 Å². The SMILES string of the molecule is OC(F)(C(F)(F)F)C(F)(F)OC(F)(F)C(F)(F)OC(F)(F)C(F)(F)OC(F)(F)C(F)(F)OC(F)(F)C(F)(F)OC(F)(F)C(F)(F)OC(F)(F)C(F)(F)OC(F)(F)C(F)(F)C(F)(F)C(F)(F)C(F)(F)C(F)(F)C(F)(F)F. The summed E-state index contributed by atoms with van der Waals surface area (Å²) in [6.07, 6.45) is -138. The Morgan fingerprint density at radius 1 is 0.147 bits per heavy atom. The molecule has 75 heavy (non-hydrogen) atoms. The highest BCUT2D eigenvalue weighted by Crippen LogP contribution is 2.64. The number of hydrogen-bond acceptors (Lipinski definition) is 8. The van der Waals surface area contributed by atoms with Crippen LogP contribution in [0, 0.1) is 0 Å². The third kappa shape index (κ3) is 12.2. The van der Waals surface area contributed by atoms with Crippen LogP contribution in [0.2, 0.25) is 0 Å². The van der Waals surface area contributed by atoms with E-state index < -0.39 is 133 Å².